The molecular formula is C16H29N3O3. The topological polar surface area (TPSA) is 75.9 Å². The molecule has 1 aliphatic heterocycles. The molecule has 0 bridgehead atoms. The lowest BCUT2D eigenvalue weighted by Crippen LogP contribution is -2.55. The van der Waals surface area contributed by atoms with Crippen LogP contribution in [0.5, 0.6) is 0 Å². The first-order valence-electron chi connectivity index (χ1n) is 8.43. The summed E-state index contributed by atoms with van der Waals surface area (Å²) < 4.78 is 4.92. The van der Waals surface area contributed by atoms with Gasteiger partial charge in [0.05, 0.1) is 6.61 Å². The van der Waals surface area contributed by atoms with E-state index in [4.69, 9.17) is 10.5 Å². The molecule has 0 aromatic heterocycles. The second-order valence-electron chi connectivity index (χ2n) is 6.48. The van der Waals surface area contributed by atoms with Crippen LogP contribution in [0.25, 0.3) is 0 Å². The Labute approximate surface area is 132 Å². The minimum absolute atomic E-state index is 0.0822. The van der Waals surface area contributed by atoms with E-state index in [0.717, 1.165) is 0 Å². The van der Waals surface area contributed by atoms with Gasteiger partial charge in [0.15, 0.2) is 0 Å². The summed E-state index contributed by atoms with van der Waals surface area (Å²) in [6.45, 7) is 2.63. The van der Waals surface area contributed by atoms with E-state index in [-0.39, 0.29) is 18.4 Å². The van der Waals surface area contributed by atoms with Crippen molar-refractivity contribution in [2.45, 2.75) is 44.6 Å². The Bertz CT molecular complexity index is 375. The van der Waals surface area contributed by atoms with Crippen LogP contribution in [0.3, 0.4) is 0 Å². The molecule has 22 heavy (non-hydrogen) atoms. The molecule has 1 aliphatic carbocycles. The summed E-state index contributed by atoms with van der Waals surface area (Å²) in [6, 6.07) is -0.602. The molecule has 2 fully saturated rings. The Morgan fingerprint density at radius 3 is 2.27 bits per heavy atom. The van der Waals surface area contributed by atoms with Crippen LogP contribution in [0, 0.1) is 5.92 Å². The van der Waals surface area contributed by atoms with Crippen LogP contribution in [-0.2, 0) is 14.3 Å². The van der Waals surface area contributed by atoms with Crippen molar-refractivity contribution >= 4 is 11.8 Å². The molecule has 1 unspecified atom stereocenters. The highest BCUT2D eigenvalue weighted by Crippen LogP contribution is 2.27. The molecule has 2 aliphatic rings. The maximum absolute atomic E-state index is 12.4. The Hall–Kier alpha value is -1.14. The summed E-state index contributed by atoms with van der Waals surface area (Å²) in [5.74, 6) is 0.734. The number of carbonyl (C=O) groups excluding carboxylic acids is 2. The molecule has 6 heteroatoms. The lowest BCUT2D eigenvalue weighted by atomic mass is 9.86. The average molecular weight is 311 g/mol. The highest BCUT2D eigenvalue weighted by atomic mass is 16.5. The Morgan fingerprint density at radius 2 is 1.68 bits per heavy atom. The molecular weight excluding hydrogens is 282 g/mol. The number of nitrogens with two attached hydrogens (primary N) is 1. The molecule has 126 valence electrons. The first kappa shape index (κ1) is 17.2. The fourth-order valence-corrected chi connectivity index (χ4v) is 3.43. The van der Waals surface area contributed by atoms with Gasteiger partial charge in [0.2, 0.25) is 11.8 Å². The third kappa shape index (κ3) is 4.68. The van der Waals surface area contributed by atoms with Gasteiger partial charge in [0.1, 0.15) is 6.04 Å². The van der Waals surface area contributed by atoms with Crippen LogP contribution < -0.4 is 5.73 Å². The van der Waals surface area contributed by atoms with Crippen LogP contribution in [0.1, 0.15) is 38.5 Å². The van der Waals surface area contributed by atoms with E-state index in [9.17, 15) is 9.59 Å². The van der Waals surface area contributed by atoms with Gasteiger partial charge in [-0.3, -0.25) is 9.59 Å². The standard InChI is InChI=1S/C16H29N3O3/c1-22-12-14(17)16(21)19-9-7-18(8-10-19)15(20)11-13-5-3-2-4-6-13/h13-14H,2-12,17H2,1H3. The number of hydrogen-bond donors (Lipinski definition) is 1. The van der Waals surface area contributed by atoms with Gasteiger partial charge < -0.3 is 20.3 Å². The molecule has 2 rings (SSSR count). The first-order valence-corrected chi connectivity index (χ1v) is 8.43. The monoisotopic (exact) mass is 311 g/mol. The SMILES string of the molecule is COCC(N)C(=O)N1CCN(C(=O)CC2CCCCC2)CC1. The summed E-state index contributed by atoms with van der Waals surface area (Å²) in [5.41, 5.74) is 5.78. The lowest BCUT2D eigenvalue weighted by Gasteiger charge is -2.36. The van der Waals surface area contributed by atoms with E-state index in [0.29, 0.717) is 38.5 Å². The summed E-state index contributed by atoms with van der Waals surface area (Å²) in [6.07, 6.45) is 6.89. The number of methoxy groups -OCH3 is 1. The van der Waals surface area contributed by atoms with Crippen molar-refractivity contribution in [3.05, 3.63) is 0 Å². The van der Waals surface area contributed by atoms with Gasteiger partial charge >= 0.3 is 0 Å². The van der Waals surface area contributed by atoms with Crippen molar-refractivity contribution in [1.82, 2.24) is 9.80 Å². The summed E-state index contributed by atoms with van der Waals surface area (Å²) in [4.78, 5) is 28.1. The van der Waals surface area contributed by atoms with E-state index < -0.39 is 6.04 Å². The Morgan fingerprint density at radius 1 is 1.09 bits per heavy atom. The molecule has 1 saturated heterocycles. The molecule has 1 atom stereocenters. The van der Waals surface area contributed by atoms with E-state index in [1.165, 1.54) is 39.2 Å². The van der Waals surface area contributed by atoms with E-state index >= 15 is 0 Å². The zero-order valence-corrected chi connectivity index (χ0v) is 13.6. The molecule has 0 radical (unpaired) electrons. The Balaban J connectivity index is 1.74. The predicted molar refractivity (Wildman–Crippen MR) is 84.2 cm³/mol. The molecule has 0 aromatic rings. The van der Waals surface area contributed by atoms with Crippen LogP contribution in [0.15, 0.2) is 0 Å². The molecule has 2 amide bonds. The van der Waals surface area contributed by atoms with Crippen LogP contribution in [0.2, 0.25) is 0 Å². The van der Waals surface area contributed by atoms with Crippen LogP contribution >= 0.6 is 0 Å². The average Bonchev–Trinajstić information content (AvgIpc) is 2.55. The summed E-state index contributed by atoms with van der Waals surface area (Å²) >= 11 is 0. The number of nitrogens with zero attached hydrogens (tertiary/aromatic N) is 2. The number of carbonyl (C=O) groups is 2. The van der Waals surface area contributed by atoms with Crippen molar-refractivity contribution in [2.24, 2.45) is 11.7 Å². The van der Waals surface area contributed by atoms with E-state index in [1.807, 2.05) is 4.90 Å². The zero-order chi connectivity index (χ0) is 15.9. The van der Waals surface area contributed by atoms with E-state index in [1.54, 1.807) is 4.90 Å². The van der Waals surface area contributed by atoms with Gasteiger partial charge in [-0.25, -0.2) is 0 Å². The highest BCUT2D eigenvalue weighted by molar-refractivity contribution is 5.82. The molecule has 6 nitrogen and oxygen atoms in total. The second kappa shape index (κ2) is 8.48. The van der Waals surface area contributed by atoms with Gasteiger partial charge in [-0.05, 0) is 18.8 Å². The lowest BCUT2D eigenvalue weighted by molar-refractivity contribution is -0.141. The number of piperazine rings is 1. The molecule has 0 spiro atoms. The summed E-state index contributed by atoms with van der Waals surface area (Å²) in [7, 11) is 1.54. The predicted octanol–water partition coefficient (Wildman–Crippen LogP) is 0.601. The van der Waals surface area contributed by atoms with Crippen molar-refractivity contribution in [3.63, 3.8) is 0 Å². The minimum Gasteiger partial charge on any atom is -0.383 e. The maximum Gasteiger partial charge on any atom is 0.241 e. The quantitative estimate of drug-likeness (QED) is 0.807. The third-order valence-corrected chi connectivity index (χ3v) is 4.80. The molecule has 0 aromatic carbocycles. The van der Waals surface area contributed by atoms with Crippen molar-refractivity contribution in [1.29, 1.82) is 0 Å². The number of ether oxygens (including phenoxy) is 1. The summed E-state index contributed by atoms with van der Waals surface area (Å²) in [5, 5.41) is 0. The molecule has 1 saturated carbocycles. The highest BCUT2D eigenvalue weighted by Gasteiger charge is 2.28. The minimum atomic E-state index is -0.602. The second-order valence-corrected chi connectivity index (χ2v) is 6.48. The molecule has 1 heterocycles. The smallest absolute Gasteiger partial charge is 0.241 e. The van der Waals surface area contributed by atoms with Gasteiger partial charge in [0.25, 0.3) is 0 Å². The van der Waals surface area contributed by atoms with Crippen molar-refractivity contribution in [2.75, 3.05) is 39.9 Å². The van der Waals surface area contributed by atoms with Gasteiger partial charge in [-0.2, -0.15) is 0 Å². The maximum atomic E-state index is 12.4. The number of hydrogen-bond acceptors (Lipinski definition) is 4. The van der Waals surface area contributed by atoms with Gasteiger partial charge in [-0.15, -0.1) is 0 Å². The first-order chi connectivity index (χ1) is 10.6. The van der Waals surface area contributed by atoms with Crippen molar-refractivity contribution < 1.29 is 14.3 Å². The van der Waals surface area contributed by atoms with Crippen LogP contribution in [-0.4, -0.2) is 67.6 Å². The third-order valence-electron chi connectivity index (χ3n) is 4.80. The largest absolute Gasteiger partial charge is 0.383 e. The van der Waals surface area contributed by atoms with Gasteiger partial charge in [0, 0.05) is 39.7 Å². The molecule has 2 N–H and O–H groups in total. The fourth-order valence-electron chi connectivity index (χ4n) is 3.43. The van der Waals surface area contributed by atoms with Gasteiger partial charge in [-0.1, -0.05) is 19.3 Å². The van der Waals surface area contributed by atoms with Crippen LogP contribution in [0.4, 0.5) is 0 Å². The van der Waals surface area contributed by atoms with E-state index in [2.05, 4.69) is 0 Å². The number of amides is 2. The number of rotatable bonds is 5. The normalized spacial score (nSPS) is 21.7. The zero-order valence-electron chi connectivity index (χ0n) is 13.6. The van der Waals surface area contributed by atoms with Crippen molar-refractivity contribution in [3.8, 4) is 0 Å². The Kier molecular flexibility index (Phi) is 6.64. The fraction of sp³-hybridized carbons (Fsp3) is 0.875.